The minimum atomic E-state index is -4.62. The zero-order chi connectivity index (χ0) is 23.2. The number of carbonyl (C=O) groups excluding carboxylic acids is 1. The highest BCUT2D eigenvalue weighted by Gasteiger charge is 2.17. The lowest BCUT2D eigenvalue weighted by Gasteiger charge is -2.12. The van der Waals surface area contributed by atoms with E-state index in [0.717, 1.165) is 38.5 Å². The molecule has 0 aromatic heterocycles. The van der Waals surface area contributed by atoms with Crippen LogP contribution in [-0.4, -0.2) is 40.2 Å². The number of allylic oxidation sites excluding steroid dienone is 4. The van der Waals surface area contributed by atoms with Gasteiger partial charge in [-0.1, -0.05) is 76.2 Å². The summed E-state index contributed by atoms with van der Waals surface area (Å²) in [6, 6.07) is 0. The van der Waals surface area contributed by atoms with E-state index in [1.54, 1.807) is 0 Å². The van der Waals surface area contributed by atoms with Gasteiger partial charge in [-0.2, -0.15) is 0 Å². The zero-order valence-corrected chi connectivity index (χ0v) is 20.0. The van der Waals surface area contributed by atoms with E-state index in [9.17, 15) is 14.5 Å². The fourth-order valence-corrected chi connectivity index (χ4v) is 3.29. The molecule has 0 aromatic carbocycles. The van der Waals surface area contributed by atoms with E-state index in [1.807, 2.05) is 0 Å². The van der Waals surface area contributed by atoms with Gasteiger partial charge in [-0.05, 0) is 38.5 Å². The molecule has 0 spiro atoms. The summed E-state index contributed by atoms with van der Waals surface area (Å²) < 4.78 is 19.5. The summed E-state index contributed by atoms with van der Waals surface area (Å²) in [5, 5.41) is 9.43. The van der Waals surface area contributed by atoms with Crippen molar-refractivity contribution < 1.29 is 33.5 Å². The summed E-state index contributed by atoms with van der Waals surface area (Å²) in [7, 11) is -4.62. The molecule has 0 heterocycles. The number of rotatable bonds is 21. The third-order valence-electron chi connectivity index (χ3n) is 4.70. The molecule has 0 rings (SSSR count). The Morgan fingerprint density at radius 2 is 1.39 bits per heavy atom. The van der Waals surface area contributed by atoms with E-state index in [4.69, 9.17) is 14.5 Å². The molecule has 0 saturated carbocycles. The molecule has 0 unspecified atom stereocenters. The molecule has 0 fully saturated rings. The number of aliphatic hydroxyl groups is 1. The molecular weight excluding hydrogens is 419 g/mol. The van der Waals surface area contributed by atoms with Gasteiger partial charge in [0.1, 0.15) is 12.7 Å². The second-order valence-electron chi connectivity index (χ2n) is 7.81. The van der Waals surface area contributed by atoms with Gasteiger partial charge in [0.15, 0.2) is 0 Å². The molecule has 182 valence electrons. The lowest BCUT2D eigenvalue weighted by Crippen LogP contribution is -2.23. The van der Waals surface area contributed by atoms with Crippen LogP contribution in [-0.2, 0) is 18.6 Å². The molecule has 0 amide bonds. The van der Waals surface area contributed by atoms with Crippen LogP contribution in [0.1, 0.15) is 96.8 Å². The van der Waals surface area contributed by atoms with Gasteiger partial charge in [0, 0.05) is 6.42 Å². The lowest BCUT2D eigenvalue weighted by molar-refractivity contribution is -0.147. The van der Waals surface area contributed by atoms with Crippen molar-refractivity contribution in [3.8, 4) is 0 Å². The Hall–Kier alpha value is -0.980. The maximum atomic E-state index is 11.6. The highest BCUT2D eigenvalue weighted by atomic mass is 31.2. The predicted octanol–water partition coefficient (Wildman–Crippen LogP) is 5.59. The summed E-state index contributed by atoms with van der Waals surface area (Å²) in [4.78, 5) is 28.6. The third kappa shape index (κ3) is 25.2. The molecule has 8 heteroatoms. The van der Waals surface area contributed by atoms with E-state index < -0.39 is 26.5 Å². The van der Waals surface area contributed by atoms with Gasteiger partial charge >= 0.3 is 13.8 Å². The Balaban J connectivity index is 3.39. The van der Waals surface area contributed by atoms with E-state index in [2.05, 4.69) is 35.8 Å². The van der Waals surface area contributed by atoms with Gasteiger partial charge in [0.2, 0.25) is 0 Å². The Kier molecular flexibility index (Phi) is 20.2. The quantitative estimate of drug-likeness (QED) is 0.0881. The standard InChI is InChI=1S/C23H43O7P/c1-2-3-4-5-6-7-8-9-10-11-12-13-14-15-16-17-18-19-23(25)29-20-22(24)21-30-31(26,27)28/h6-7,9-10,22,24H,2-5,8,11-21H2,1H3,(H2,26,27,28)/b7-6-,10-9-/t22-/m1/s1. The summed E-state index contributed by atoms with van der Waals surface area (Å²) in [5.41, 5.74) is 0. The van der Waals surface area contributed by atoms with Crippen LogP contribution in [0.25, 0.3) is 0 Å². The van der Waals surface area contributed by atoms with E-state index in [0.29, 0.717) is 0 Å². The van der Waals surface area contributed by atoms with E-state index in [1.165, 1.54) is 44.9 Å². The number of esters is 1. The van der Waals surface area contributed by atoms with Crippen molar-refractivity contribution in [2.75, 3.05) is 13.2 Å². The largest absolute Gasteiger partial charge is 0.469 e. The van der Waals surface area contributed by atoms with Crippen LogP contribution in [0.15, 0.2) is 24.3 Å². The predicted molar refractivity (Wildman–Crippen MR) is 124 cm³/mol. The average molecular weight is 463 g/mol. The molecule has 0 saturated heterocycles. The first-order chi connectivity index (χ1) is 14.8. The average Bonchev–Trinajstić information content (AvgIpc) is 2.72. The fourth-order valence-electron chi connectivity index (χ4n) is 2.93. The van der Waals surface area contributed by atoms with Crippen molar-refractivity contribution in [3.63, 3.8) is 0 Å². The van der Waals surface area contributed by atoms with Crippen LogP contribution in [0.5, 0.6) is 0 Å². The van der Waals surface area contributed by atoms with E-state index in [-0.39, 0.29) is 13.0 Å². The molecule has 0 aliphatic carbocycles. The number of carbonyl (C=O) groups is 1. The van der Waals surface area contributed by atoms with Crippen LogP contribution in [0, 0.1) is 0 Å². The van der Waals surface area contributed by atoms with Crippen molar-refractivity contribution in [1.29, 1.82) is 0 Å². The van der Waals surface area contributed by atoms with Gasteiger partial charge in [-0.25, -0.2) is 4.57 Å². The summed E-state index contributed by atoms with van der Waals surface area (Å²) >= 11 is 0. The minimum Gasteiger partial charge on any atom is -0.463 e. The zero-order valence-electron chi connectivity index (χ0n) is 19.1. The van der Waals surface area contributed by atoms with Crippen LogP contribution < -0.4 is 0 Å². The SMILES string of the molecule is CCCCC/C=C\C/C=C\CCCCCCCCCC(=O)OC[C@@H](O)COP(=O)(O)O. The number of hydrogen-bond acceptors (Lipinski definition) is 5. The summed E-state index contributed by atoms with van der Waals surface area (Å²) in [6.07, 6.45) is 23.0. The Morgan fingerprint density at radius 1 is 0.839 bits per heavy atom. The first-order valence-electron chi connectivity index (χ1n) is 11.7. The van der Waals surface area contributed by atoms with Gasteiger partial charge in [0.05, 0.1) is 6.61 Å². The van der Waals surface area contributed by atoms with Crippen molar-refractivity contribution in [1.82, 2.24) is 0 Å². The van der Waals surface area contributed by atoms with Gasteiger partial charge in [-0.15, -0.1) is 0 Å². The van der Waals surface area contributed by atoms with Crippen LogP contribution in [0.3, 0.4) is 0 Å². The third-order valence-corrected chi connectivity index (χ3v) is 5.19. The van der Waals surface area contributed by atoms with Crippen LogP contribution in [0.4, 0.5) is 0 Å². The highest BCUT2D eigenvalue weighted by molar-refractivity contribution is 7.46. The number of phosphoric acid groups is 1. The monoisotopic (exact) mass is 462 g/mol. The van der Waals surface area contributed by atoms with Crippen LogP contribution >= 0.6 is 7.82 Å². The Bertz CT molecular complexity index is 528. The normalized spacial score (nSPS) is 13.3. The topological polar surface area (TPSA) is 113 Å². The molecule has 0 radical (unpaired) electrons. The molecule has 31 heavy (non-hydrogen) atoms. The molecule has 0 bridgehead atoms. The van der Waals surface area contributed by atoms with Gasteiger partial charge in [-0.3, -0.25) is 9.32 Å². The molecule has 0 aliphatic heterocycles. The van der Waals surface area contributed by atoms with Gasteiger partial charge in [0.25, 0.3) is 0 Å². The van der Waals surface area contributed by atoms with Crippen molar-refractivity contribution >= 4 is 13.8 Å². The highest BCUT2D eigenvalue weighted by Crippen LogP contribution is 2.35. The second kappa shape index (κ2) is 20.9. The summed E-state index contributed by atoms with van der Waals surface area (Å²) in [5.74, 6) is -0.419. The van der Waals surface area contributed by atoms with Crippen LogP contribution in [0.2, 0.25) is 0 Å². The first kappa shape index (κ1) is 30.0. The minimum absolute atomic E-state index is 0.282. The first-order valence-corrected chi connectivity index (χ1v) is 13.2. The van der Waals surface area contributed by atoms with Crippen molar-refractivity contribution in [2.45, 2.75) is 103 Å². The number of phosphoric ester groups is 1. The van der Waals surface area contributed by atoms with Crippen molar-refractivity contribution in [2.24, 2.45) is 0 Å². The van der Waals surface area contributed by atoms with E-state index >= 15 is 0 Å². The number of aliphatic hydroxyl groups excluding tert-OH is 1. The Morgan fingerprint density at radius 3 is 1.97 bits per heavy atom. The van der Waals surface area contributed by atoms with Gasteiger partial charge < -0.3 is 19.6 Å². The Labute approximate surface area is 188 Å². The number of ether oxygens (including phenoxy) is 1. The summed E-state index contributed by atoms with van der Waals surface area (Å²) in [6.45, 7) is 1.31. The maximum absolute atomic E-state index is 11.6. The smallest absolute Gasteiger partial charge is 0.463 e. The fraction of sp³-hybridized carbons (Fsp3) is 0.783. The molecule has 0 aliphatic rings. The van der Waals surface area contributed by atoms with Crippen molar-refractivity contribution in [3.05, 3.63) is 24.3 Å². The second-order valence-corrected chi connectivity index (χ2v) is 9.05. The maximum Gasteiger partial charge on any atom is 0.469 e. The molecule has 0 aromatic rings. The number of unbranched alkanes of at least 4 members (excludes halogenated alkanes) is 10. The molecule has 7 nitrogen and oxygen atoms in total. The molecular formula is C23H43O7P. The number of hydrogen-bond donors (Lipinski definition) is 3. The molecule has 1 atom stereocenters. The lowest BCUT2D eigenvalue weighted by atomic mass is 10.1. The molecule has 3 N–H and O–H groups in total.